The van der Waals surface area contributed by atoms with Gasteiger partial charge in [-0.2, -0.15) is 4.98 Å². The van der Waals surface area contributed by atoms with Crippen LogP contribution in [0.15, 0.2) is 12.4 Å². The second-order valence-electron chi connectivity index (χ2n) is 6.26. The number of pyridine rings is 1. The predicted octanol–water partition coefficient (Wildman–Crippen LogP) is 3.42. The fourth-order valence-corrected chi connectivity index (χ4v) is 3.52. The molecule has 8 heteroatoms. The van der Waals surface area contributed by atoms with E-state index in [-0.39, 0.29) is 5.95 Å². The van der Waals surface area contributed by atoms with E-state index >= 15 is 0 Å². The Morgan fingerprint density at radius 1 is 1.30 bits per heavy atom. The number of fused-ring (bicyclic) bond motifs is 1. The summed E-state index contributed by atoms with van der Waals surface area (Å²) in [5, 5.41) is 1.02. The maximum absolute atomic E-state index is 6.35. The first-order valence-electron chi connectivity index (χ1n) is 8.53. The van der Waals surface area contributed by atoms with E-state index < -0.39 is 0 Å². The summed E-state index contributed by atoms with van der Waals surface area (Å²) in [4.78, 5) is 13.1. The normalized spacial score (nSPS) is 10.9. The molecule has 3 aromatic rings. The zero-order valence-electron chi connectivity index (χ0n) is 15.2. The van der Waals surface area contributed by atoms with Gasteiger partial charge in [0.15, 0.2) is 0 Å². The first-order valence-corrected chi connectivity index (χ1v) is 9.99. The van der Waals surface area contributed by atoms with Gasteiger partial charge in [-0.3, -0.25) is 4.98 Å². The van der Waals surface area contributed by atoms with Crippen LogP contribution in [-0.2, 0) is 6.54 Å². The Morgan fingerprint density at radius 3 is 2.81 bits per heavy atom. The van der Waals surface area contributed by atoms with Gasteiger partial charge in [0.1, 0.15) is 10.8 Å². The summed E-state index contributed by atoms with van der Waals surface area (Å²) in [6.07, 6.45) is 5.41. The van der Waals surface area contributed by atoms with E-state index in [0.717, 1.165) is 35.2 Å². The van der Waals surface area contributed by atoms with Crippen LogP contribution in [0.5, 0.6) is 0 Å². The molecule has 0 aliphatic carbocycles. The van der Waals surface area contributed by atoms with Gasteiger partial charge in [0.25, 0.3) is 0 Å². The number of nitrogens with two attached hydrogens (primary N) is 2. The minimum atomic E-state index is 0.137. The highest BCUT2D eigenvalue weighted by atomic mass is 127. The van der Waals surface area contributed by atoms with Gasteiger partial charge >= 0.3 is 0 Å². The lowest BCUT2D eigenvalue weighted by molar-refractivity contribution is 0.786. The van der Waals surface area contributed by atoms with Crippen LogP contribution in [0.2, 0.25) is 5.15 Å². The van der Waals surface area contributed by atoms with Gasteiger partial charge in [0.2, 0.25) is 5.95 Å². The molecule has 140 valence electrons. The third kappa shape index (κ3) is 4.18. The third-order valence-electron chi connectivity index (χ3n) is 4.26. The van der Waals surface area contributed by atoms with Gasteiger partial charge in [-0.1, -0.05) is 23.4 Å². The minimum Gasteiger partial charge on any atom is -0.368 e. The first kappa shape index (κ1) is 19.9. The number of aryl methyl sites for hydroxylation is 1. The van der Waals surface area contributed by atoms with Gasteiger partial charge in [0, 0.05) is 22.4 Å². The molecule has 0 saturated carbocycles. The van der Waals surface area contributed by atoms with Gasteiger partial charge < -0.3 is 16.0 Å². The Hall–Kier alpha value is -1.89. The number of unbranched alkanes of at least 4 members (excludes halogenated alkanes) is 1. The van der Waals surface area contributed by atoms with Gasteiger partial charge in [-0.15, -0.1) is 0 Å². The number of hydrogen-bond donors (Lipinski definition) is 2. The van der Waals surface area contributed by atoms with Crippen molar-refractivity contribution < 1.29 is 0 Å². The molecule has 0 radical (unpaired) electrons. The molecule has 0 bridgehead atoms. The average molecular weight is 495 g/mol. The van der Waals surface area contributed by atoms with E-state index in [0.29, 0.717) is 29.3 Å². The fraction of sp³-hybridized carbons (Fsp3) is 0.316. The van der Waals surface area contributed by atoms with Crippen LogP contribution in [0.25, 0.3) is 11.0 Å². The smallest absolute Gasteiger partial charge is 0.223 e. The lowest BCUT2D eigenvalue weighted by Crippen LogP contribution is -2.06. The second kappa shape index (κ2) is 8.42. The summed E-state index contributed by atoms with van der Waals surface area (Å²) in [6, 6.07) is 0. The van der Waals surface area contributed by atoms with Crippen molar-refractivity contribution in [2.24, 2.45) is 5.73 Å². The van der Waals surface area contributed by atoms with Crippen LogP contribution in [0.4, 0.5) is 5.95 Å². The summed E-state index contributed by atoms with van der Waals surface area (Å²) in [5.74, 6) is 6.44. The molecule has 3 aromatic heterocycles. The predicted molar refractivity (Wildman–Crippen MR) is 118 cm³/mol. The summed E-state index contributed by atoms with van der Waals surface area (Å²) < 4.78 is 3.19. The standard InChI is InChI=1S/C19H20ClIN6/c1-11-8-24-14(12(2)16(11)21)10-27-9-13(6-4-3-5-7-22)15-17(20)25-19(23)26-18(15)27/h8-9H,3,5,7,10,22H2,1-2H3,(H2,23,25,26). The highest BCUT2D eigenvalue weighted by Gasteiger charge is 2.16. The maximum Gasteiger partial charge on any atom is 0.223 e. The number of aromatic nitrogens is 4. The highest BCUT2D eigenvalue weighted by molar-refractivity contribution is 14.1. The Labute approximate surface area is 176 Å². The van der Waals surface area contributed by atoms with E-state index in [1.54, 1.807) is 0 Å². The zero-order valence-corrected chi connectivity index (χ0v) is 18.1. The molecular formula is C19H20ClIN6. The molecule has 3 rings (SSSR count). The molecule has 4 N–H and O–H groups in total. The molecule has 0 unspecified atom stereocenters. The van der Waals surface area contributed by atoms with E-state index in [4.69, 9.17) is 23.1 Å². The van der Waals surface area contributed by atoms with Crippen molar-refractivity contribution in [3.8, 4) is 11.8 Å². The molecule has 6 nitrogen and oxygen atoms in total. The highest BCUT2D eigenvalue weighted by Crippen LogP contribution is 2.28. The quantitative estimate of drug-likeness (QED) is 0.251. The SMILES string of the molecule is Cc1cnc(Cn2cc(C#CCCCN)c3c(Cl)nc(N)nc32)c(C)c1I. The largest absolute Gasteiger partial charge is 0.368 e. The minimum absolute atomic E-state index is 0.137. The summed E-state index contributed by atoms with van der Waals surface area (Å²) >= 11 is 8.70. The number of nitrogen functional groups attached to an aromatic ring is 1. The van der Waals surface area contributed by atoms with Crippen molar-refractivity contribution in [3.05, 3.63) is 43.5 Å². The molecule has 0 aromatic carbocycles. The van der Waals surface area contributed by atoms with Crippen LogP contribution in [0, 0.1) is 29.3 Å². The number of anilines is 1. The Morgan fingerprint density at radius 2 is 2.07 bits per heavy atom. The third-order valence-corrected chi connectivity index (χ3v) is 6.19. The molecule has 0 aliphatic heterocycles. The number of halogens is 2. The second-order valence-corrected chi connectivity index (χ2v) is 7.70. The first-order chi connectivity index (χ1) is 12.9. The van der Waals surface area contributed by atoms with Gasteiger partial charge in [-0.05, 0) is 60.5 Å². The topological polar surface area (TPSA) is 95.6 Å². The Balaban J connectivity index is 2.10. The van der Waals surface area contributed by atoms with Gasteiger partial charge in [0.05, 0.1) is 23.2 Å². The zero-order chi connectivity index (χ0) is 19.6. The van der Waals surface area contributed by atoms with Crippen molar-refractivity contribution >= 4 is 51.2 Å². The summed E-state index contributed by atoms with van der Waals surface area (Å²) in [6.45, 7) is 5.30. The van der Waals surface area contributed by atoms with Crippen molar-refractivity contribution in [3.63, 3.8) is 0 Å². The van der Waals surface area contributed by atoms with E-state index in [2.05, 4.69) is 63.2 Å². The lowest BCUT2D eigenvalue weighted by Gasteiger charge is -2.10. The van der Waals surface area contributed by atoms with Crippen molar-refractivity contribution in [2.75, 3.05) is 12.3 Å². The molecule has 3 heterocycles. The lowest BCUT2D eigenvalue weighted by atomic mass is 10.1. The number of nitrogens with zero attached hydrogens (tertiary/aromatic N) is 4. The van der Waals surface area contributed by atoms with Crippen molar-refractivity contribution in [1.82, 2.24) is 19.5 Å². The van der Waals surface area contributed by atoms with Crippen LogP contribution < -0.4 is 11.5 Å². The van der Waals surface area contributed by atoms with Crippen LogP contribution in [0.1, 0.15) is 35.2 Å². The number of rotatable bonds is 4. The van der Waals surface area contributed by atoms with E-state index in [9.17, 15) is 0 Å². The Kier molecular flexibility index (Phi) is 6.19. The average Bonchev–Trinajstić information content (AvgIpc) is 2.97. The monoisotopic (exact) mass is 494 g/mol. The molecule has 0 fully saturated rings. The summed E-state index contributed by atoms with van der Waals surface area (Å²) in [7, 11) is 0. The molecule has 27 heavy (non-hydrogen) atoms. The van der Waals surface area contributed by atoms with E-state index in [1.807, 2.05) is 17.0 Å². The van der Waals surface area contributed by atoms with Crippen molar-refractivity contribution in [1.29, 1.82) is 0 Å². The molecule has 0 aliphatic rings. The number of hydrogen-bond acceptors (Lipinski definition) is 5. The Bertz CT molecular complexity index is 1060. The van der Waals surface area contributed by atoms with Crippen LogP contribution >= 0.6 is 34.2 Å². The van der Waals surface area contributed by atoms with E-state index in [1.165, 1.54) is 3.57 Å². The van der Waals surface area contributed by atoms with Crippen LogP contribution in [0.3, 0.4) is 0 Å². The molecule has 0 spiro atoms. The van der Waals surface area contributed by atoms with Crippen molar-refractivity contribution in [2.45, 2.75) is 33.2 Å². The molecule has 0 atom stereocenters. The maximum atomic E-state index is 6.35. The fourth-order valence-electron chi connectivity index (χ4n) is 2.79. The molecule has 0 saturated heterocycles. The van der Waals surface area contributed by atoms with Gasteiger partial charge in [-0.25, -0.2) is 4.98 Å². The molecule has 0 amide bonds. The van der Waals surface area contributed by atoms with Crippen LogP contribution in [-0.4, -0.2) is 26.1 Å². The molecular weight excluding hydrogens is 475 g/mol. The summed E-state index contributed by atoms with van der Waals surface area (Å²) in [5.41, 5.74) is 16.1.